The van der Waals surface area contributed by atoms with E-state index in [1.54, 1.807) is 24.3 Å². The van der Waals surface area contributed by atoms with Crippen LogP contribution < -0.4 is 5.32 Å². The third kappa shape index (κ3) is 2.95. The summed E-state index contributed by atoms with van der Waals surface area (Å²) in [6, 6.07) is 5.88. The van der Waals surface area contributed by atoms with Crippen molar-refractivity contribution in [3.05, 3.63) is 29.8 Å². The number of carboxylic acids is 1. The Bertz CT molecular complexity index is 607. The Hall–Kier alpha value is -2.37. The lowest BCUT2D eigenvalue weighted by atomic mass is 10.1. The van der Waals surface area contributed by atoms with Crippen LogP contribution in [-0.4, -0.2) is 40.4 Å². The second-order valence-electron chi connectivity index (χ2n) is 5.84. The Morgan fingerprint density at radius 1 is 1.09 bits per heavy atom. The lowest BCUT2D eigenvalue weighted by Gasteiger charge is -2.21. The minimum Gasteiger partial charge on any atom is -0.480 e. The van der Waals surface area contributed by atoms with Crippen LogP contribution in [0.3, 0.4) is 0 Å². The number of carbonyl (C=O) groups excluding carboxylic acids is 2. The van der Waals surface area contributed by atoms with Crippen LogP contribution in [0.1, 0.15) is 36.0 Å². The first-order valence-electron chi connectivity index (χ1n) is 7.51. The van der Waals surface area contributed by atoms with Gasteiger partial charge in [-0.3, -0.25) is 9.59 Å². The van der Waals surface area contributed by atoms with Crippen molar-refractivity contribution < 1.29 is 19.5 Å². The maximum absolute atomic E-state index is 12.4. The molecule has 0 spiro atoms. The topological polar surface area (TPSA) is 86.7 Å². The predicted octanol–water partition coefficient (Wildman–Crippen LogP) is 1.72. The molecule has 0 aromatic heterocycles. The molecule has 2 aliphatic rings. The van der Waals surface area contributed by atoms with E-state index in [1.165, 1.54) is 4.90 Å². The number of hydrogen-bond acceptors (Lipinski definition) is 3. The van der Waals surface area contributed by atoms with Gasteiger partial charge in [0.15, 0.2) is 0 Å². The van der Waals surface area contributed by atoms with Crippen molar-refractivity contribution in [1.82, 2.24) is 4.90 Å². The first-order valence-corrected chi connectivity index (χ1v) is 7.51. The van der Waals surface area contributed by atoms with Gasteiger partial charge in [-0.15, -0.1) is 0 Å². The molecule has 1 aromatic carbocycles. The smallest absolute Gasteiger partial charge is 0.326 e. The quantitative estimate of drug-likeness (QED) is 0.886. The molecule has 1 aliphatic carbocycles. The zero-order valence-corrected chi connectivity index (χ0v) is 12.1. The summed E-state index contributed by atoms with van der Waals surface area (Å²) < 4.78 is 0. The molecule has 116 valence electrons. The lowest BCUT2D eigenvalue weighted by Crippen LogP contribution is -2.40. The van der Waals surface area contributed by atoms with Crippen molar-refractivity contribution >= 4 is 23.5 Å². The fourth-order valence-corrected chi connectivity index (χ4v) is 2.72. The average molecular weight is 302 g/mol. The van der Waals surface area contributed by atoms with Gasteiger partial charge in [-0.2, -0.15) is 0 Å². The molecule has 3 rings (SSSR count). The second kappa shape index (κ2) is 5.79. The number of carbonyl (C=O) groups is 3. The molecule has 1 saturated carbocycles. The molecule has 1 saturated heterocycles. The molecule has 2 amide bonds. The van der Waals surface area contributed by atoms with Crippen LogP contribution in [0.4, 0.5) is 5.69 Å². The Kier molecular flexibility index (Phi) is 3.83. The van der Waals surface area contributed by atoms with E-state index in [4.69, 9.17) is 5.11 Å². The Morgan fingerprint density at radius 2 is 1.77 bits per heavy atom. The Labute approximate surface area is 128 Å². The highest BCUT2D eigenvalue weighted by Crippen LogP contribution is 2.30. The van der Waals surface area contributed by atoms with Gasteiger partial charge in [-0.25, -0.2) is 4.79 Å². The SMILES string of the molecule is O=C(Nc1ccc(C(=O)N2CCCC2C(=O)O)cc1)C1CC1. The molecule has 22 heavy (non-hydrogen) atoms. The largest absolute Gasteiger partial charge is 0.480 e. The van der Waals surface area contributed by atoms with E-state index in [9.17, 15) is 14.4 Å². The van der Waals surface area contributed by atoms with Gasteiger partial charge in [0.2, 0.25) is 5.91 Å². The van der Waals surface area contributed by atoms with Crippen LogP contribution in [0.25, 0.3) is 0 Å². The molecule has 6 nitrogen and oxygen atoms in total. The van der Waals surface area contributed by atoms with Gasteiger partial charge >= 0.3 is 5.97 Å². The third-order valence-electron chi connectivity index (χ3n) is 4.15. The third-order valence-corrected chi connectivity index (χ3v) is 4.15. The fourth-order valence-electron chi connectivity index (χ4n) is 2.72. The van der Waals surface area contributed by atoms with Crippen molar-refractivity contribution in [2.24, 2.45) is 5.92 Å². The summed E-state index contributed by atoms with van der Waals surface area (Å²) in [6.07, 6.45) is 3.08. The molecule has 1 aliphatic heterocycles. The molecular formula is C16H18N2O4. The van der Waals surface area contributed by atoms with Gasteiger partial charge in [0, 0.05) is 23.7 Å². The summed E-state index contributed by atoms with van der Waals surface area (Å²) in [7, 11) is 0. The number of amides is 2. The fraction of sp³-hybridized carbons (Fsp3) is 0.438. The number of carboxylic acid groups (broad SMARTS) is 1. The molecule has 1 atom stereocenters. The van der Waals surface area contributed by atoms with Gasteiger partial charge in [0.25, 0.3) is 5.91 Å². The summed E-state index contributed by atoms with van der Waals surface area (Å²) in [6.45, 7) is 0.468. The number of benzene rings is 1. The zero-order valence-electron chi connectivity index (χ0n) is 12.1. The first-order chi connectivity index (χ1) is 10.6. The summed E-state index contributed by atoms with van der Waals surface area (Å²) in [5.74, 6) is -1.09. The normalized spacial score (nSPS) is 20.7. The van der Waals surface area contributed by atoms with Crippen LogP contribution in [0.2, 0.25) is 0 Å². The lowest BCUT2D eigenvalue weighted by molar-refractivity contribution is -0.141. The minimum absolute atomic E-state index is 0.0181. The number of nitrogens with zero attached hydrogens (tertiary/aromatic N) is 1. The molecule has 0 radical (unpaired) electrons. The molecule has 6 heteroatoms. The van der Waals surface area contributed by atoms with Gasteiger partial charge in [0.05, 0.1) is 0 Å². The van der Waals surface area contributed by atoms with Crippen molar-refractivity contribution in [1.29, 1.82) is 0 Å². The van der Waals surface area contributed by atoms with E-state index in [0.29, 0.717) is 30.6 Å². The number of likely N-dealkylation sites (tertiary alicyclic amines) is 1. The van der Waals surface area contributed by atoms with E-state index in [0.717, 1.165) is 12.8 Å². The number of hydrogen-bond donors (Lipinski definition) is 2. The highest BCUT2D eigenvalue weighted by Gasteiger charge is 2.34. The molecule has 2 N–H and O–H groups in total. The van der Waals surface area contributed by atoms with Crippen LogP contribution in [-0.2, 0) is 9.59 Å². The standard InChI is InChI=1S/C16H18N2O4/c19-14(10-3-4-10)17-12-7-5-11(6-8-12)15(20)18-9-1-2-13(18)16(21)22/h5-8,10,13H,1-4,9H2,(H,17,19)(H,21,22). The van der Waals surface area contributed by atoms with Crippen LogP contribution in [0.15, 0.2) is 24.3 Å². The molecule has 1 heterocycles. The van der Waals surface area contributed by atoms with Crippen molar-refractivity contribution in [3.63, 3.8) is 0 Å². The zero-order chi connectivity index (χ0) is 15.7. The van der Waals surface area contributed by atoms with Crippen LogP contribution in [0.5, 0.6) is 0 Å². The molecule has 1 aromatic rings. The summed E-state index contributed by atoms with van der Waals surface area (Å²) >= 11 is 0. The first kappa shape index (κ1) is 14.6. The average Bonchev–Trinajstić information content (AvgIpc) is 3.24. The predicted molar refractivity (Wildman–Crippen MR) is 79.5 cm³/mol. The molecular weight excluding hydrogens is 284 g/mol. The van der Waals surface area contributed by atoms with Gasteiger partial charge in [0.1, 0.15) is 6.04 Å². The highest BCUT2D eigenvalue weighted by atomic mass is 16.4. The van der Waals surface area contributed by atoms with E-state index >= 15 is 0 Å². The Morgan fingerprint density at radius 3 is 2.36 bits per heavy atom. The second-order valence-corrected chi connectivity index (χ2v) is 5.84. The summed E-state index contributed by atoms with van der Waals surface area (Å²) in [4.78, 5) is 36.6. The van der Waals surface area contributed by atoms with Crippen molar-refractivity contribution in [2.75, 3.05) is 11.9 Å². The van der Waals surface area contributed by atoms with Crippen molar-refractivity contribution in [3.8, 4) is 0 Å². The Balaban J connectivity index is 1.67. The van der Waals surface area contributed by atoms with E-state index < -0.39 is 12.0 Å². The summed E-state index contributed by atoms with van der Waals surface area (Å²) in [5.41, 5.74) is 1.10. The van der Waals surface area contributed by atoms with Gasteiger partial charge < -0.3 is 15.3 Å². The maximum atomic E-state index is 12.4. The van der Waals surface area contributed by atoms with Gasteiger partial charge in [-0.1, -0.05) is 0 Å². The van der Waals surface area contributed by atoms with E-state index in [2.05, 4.69) is 5.32 Å². The monoisotopic (exact) mass is 302 g/mol. The molecule has 0 bridgehead atoms. The number of aliphatic carboxylic acids is 1. The number of rotatable bonds is 4. The summed E-state index contributed by atoms with van der Waals surface area (Å²) in [5, 5.41) is 11.9. The van der Waals surface area contributed by atoms with Crippen molar-refractivity contribution in [2.45, 2.75) is 31.7 Å². The van der Waals surface area contributed by atoms with Crippen LogP contribution in [0, 0.1) is 5.92 Å². The van der Waals surface area contributed by atoms with Crippen LogP contribution >= 0.6 is 0 Å². The number of nitrogens with one attached hydrogen (secondary N) is 1. The molecule has 1 unspecified atom stereocenters. The molecule has 2 fully saturated rings. The minimum atomic E-state index is -0.959. The van der Waals surface area contributed by atoms with Gasteiger partial charge in [-0.05, 0) is 49.9 Å². The maximum Gasteiger partial charge on any atom is 0.326 e. The van der Waals surface area contributed by atoms with E-state index in [1.807, 2.05) is 0 Å². The highest BCUT2D eigenvalue weighted by molar-refractivity contribution is 5.98. The number of anilines is 1. The van der Waals surface area contributed by atoms with E-state index in [-0.39, 0.29) is 17.7 Å².